The standard InChI is InChI=1S/C22H13BrF2N2O2/c23-14-4-3-5-16(12-14)26-20-19(13-8-10-15(24)11-9-13)21(28)27(22(20)29)18-7-2-1-6-17(18)25/h1-12,26H. The highest BCUT2D eigenvalue weighted by atomic mass is 79.9. The molecule has 3 aromatic rings. The number of rotatable bonds is 4. The Labute approximate surface area is 173 Å². The third kappa shape index (κ3) is 3.56. The van der Waals surface area contributed by atoms with E-state index in [1.54, 1.807) is 18.2 Å². The van der Waals surface area contributed by atoms with Crippen molar-refractivity contribution in [3.8, 4) is 0 Å². The van der Waals surface area contributed by atoms with E-state index in [4.69, 9.17) is 0 Å². The molecule has 0 bridgehead atoms. The minimum atomic E-state index is -0.698. The van der Waals surface area contributed by atoms with E-state index in [1.807, 2.05) is 6.07 Å². The van der Waals surface area contributed by atoms with Gasteiger partial charge in [0, 0.05) is 10.2 Å². The molecule has 0 saturated carbocycles. The van der Waals surface area contributed by atoms with Crippen molar-refractivity contribution in [2.75, 3.05) is 10.2 Å². The molecule has 0 saturated heterocycles. The topological polar surface area (TPSA) is 49.4 Å². The van der Waals surface area contributed by atoms with E-state index < -0.39 is 23.4 Å². The summed E-state index contributed by atoms with van der Waals surface area (Å²) < 4.78 is 28.5. The fourth-order valence-corrected chi connectivity index (χ4v) is 3.49. The number of benzene rings is 3. The summed E-state index contributed by atoms with van der Waals surface area (Å²) in [6.45, 7) is 0. The van der Waals surface area contributed by atoms with Gasteiger partial charge >= 0.3 is 0 Å². The molecule has 1 heterocycles. The molecule has 3 aromatic carbocycles. The van der Waals surface area contributed by atoms with Crippen LogP contribution >= 0.6 is 15.9 Å². The summed E-state index contributed by atoms with van der Waals surface area (Å²) in [7, 11) is 0. The molecule has 4 nitrogen and oxygen atoms in total. The molecule has 0 radical (unpaired) electrons. The zero-order chi connectivity index (χ0) is 20.5. The molecule has 0 unspecified atom stereocenters. The van der Waals surface area contributed by atoms with Gasteiger partial charge in [-0.2, -0.15) is 0 Å². The number of imide groups is 1. The average molecular weight is 455 g/mol. The monoisotopic (exact) mass is 454 g/mol. The highest BCUT2D eigenvalue weighted by molar-refractivity contribution is 9.10. The van der Waals surface area contributed by atoms with Crippen LogP contribution in [0.2, 0.25) is 0 Å². The quantitative estimate of drug-likeness (QED) is 0.556. The molecular formula is C22H13BrF2N2O2. The Balaban J connectivity index is 1.85. The van der Waals surface area contributed by atoms with E-state index in [2.05, 4.69) is 21.2 Å². The highest BCUT2D eigenvalue weighted by Crippen LogP contribution is 2.35. The zero-order valence-corrected chi connectivity index (χ0v) is 16.4. The van der Waals surface area contributed by atoms with Crippen molar-refractivity contribution in [1.82, 2.24) is 0 Å². The molecule has 1 aliphatic rings. The molecule has 0 aliphatic carbocycles. The lowest BCUT2D eigenvalue weighted by Crippen LogP contribution is -2.33. The van der Waals surface area contributed by atoms with Gasteiger partial charge in [0.2, 0.25) is 0 Å². The highest BCUT2D eigenvalue weighted by Gasteiger charge is 2.41. The van der Waals surface area contributed by atoms with Crippen LogP contribution in [0.15, 0.2) is 83.0 Å². The van der Waals surface area contributed by atoms with Crippen LogP contribution in [0.4, 0.5) is 20.2 Å². The minimum Gasteiger partial charge on any atom is -0.350 e. The minimum absolute atomic E-state index is 0.0111. The number of nitrogens with zero attached hydrogens (tertiary/aromatic N) is 1. The number of hydrogen-bond donors (Lipinski definition) is 1. The van der Waals surface area contributed by atoms with Gasteiger partial charge in [-0.3, -0.25) is 9.59 Å². The SMILES string of the molecule is O=C1C(Nc2cccc(Br)c2)=C(c2ccc(F)cc2)C(=O)N1c1ccccc1F. The van der Waals surface area contributed by atoms with Crippen LogP contribution < -0.4 is 10.2 Å². The summed E-state index contributed by atoms with van der Waals surface area (Å²) >= 11 is 3.36. The van der Waals surface area contributed by atoms with Crippen LogP contribution in [0.3, 0.4) is 0 Å². The van der Waals surface area contributed by atoms with Crippen molar-refractivity contribution in [1.29, 1.82) is 0 Å². The number of halogens is 3. The number of amides is 2. The van der Waals surface area contributed by atoms with Gasteiger partial charge in [0.15, 0.2) is 0 Å². The molecule has 0 aromatic heterocycles. The van der Waals surface area contributed by atoms with Crippen LogP contribution in [0.5, 0.6) is 0 Å². The molecule has 7 heteroatoms. The second-order valence-corrected chi connectivity index (χ2v) is 7.21. The molecule has 0 atom stereocenters. The summed E-state index contributed by atoms with van der Waals surface area (Å²) in [6.07, 6.45) is 0. The van der Waals surface area contributed by atoms with Gasteiger partial charge in [0.1, 0.15) is 17.3 Å². The fourth-order valence-electron chi connectivity index (χ4n) is 3.09. The van der Waals surface area contributed by atoms with Crippen LogP contribution in [0.25, 0.3) is 5.57 Å². The Hall–Kier alpha value is -3.32. The smallest absolute Gasteiger partial charge is 0.282 e. The van der Waals surface area contributed by atoms with E-state index >= 15 is 0 Å². The largest absolute Gasteiger partial charge is 0.350 e. The number of hydrogen-bond acceptors (Lipinski definition) is 3. The third-order valence-corrected chi connectivity index (χ3v) is 4.90. The molecule has 29 heavy (non-hydrogen) atoms. The van der Waals surface area contributed by atoms with Gasteiger partial charge in [-0.1, -0.05) is 46.3 Å². The Morgan fingerprint density at radius 3 is 2.24 bits per heavy atom. The molecule has 144 valence electrons. The first-order chi connectivity index (χ1) is 14.0. The maximum Gasteiger partial charge on any atom is 0.282 e. The van der Waals surface area contributed by atoms with Gasteiger partial charge in [-0.25, -0.2) is 13.7 Å². The molecule has 0 fully saturated rings. The first-order valence-corrected chi connectivity index (χ1v) is 9.41. The Morgan fingerprint density at radius 2 is 1.55 bits per heavy atom. The van der Waals surface area contributed by atoms with Crippen LogP contribution in [-0.2, 0) is 9.59 Å². The number of carbonyl (C=O) groups excluding carboxylic acids is 2. The Morgan fingerprint density at radius 1 is 0.828 bits per heavy atom. The van der Waals surface area contributed by atoms with Crippen molar-refractivity contribution in [3.05, 3.63) is 100 Å². The van der Waals surface area contributed by atoms with E-state index in [-0.39, 0.29) is 17.0 Å². The van der Waals surface area contributed by atoms with Gasteiger partial charge in [0.05, 0.1) is 11.3 Å². The average Bonchev–Trinajstić information content (AvgIpc) is 2.93. The van der Waals surface area contributed by atoms with Gasteiger partial charge < -0.3 is 5.32 Å². The van der Waals surface area contributed by atoms with Crippen molar-refractivity contribution in [2.24, 2.45) is 0 Å². The van der Waals surface area contributed by atoms with Gasteiger partial charge in [-0.05, 0) is 48.0 Å². The fraction of sp³-hybridized carbons (Fsp3) is 0. The summed E-state index contributed by atoms with van der Waals surface area (Å²) in [5.41, 5.74) is 0.793. The molecule has 1 N–H and O–H groups in total. The molecule has 0 spiro atoms. The van der Waals surface area contributed by atoms with Crippen LogP contribution in [0, 0.1) is 11.6 Å². The summed E-state index contributed by atoms with van der Waals surface area (Å²) in [6, 6.07) is 17.8. The lowest BCUT2D eigenvalue weighted by Gasteiger charge is -2.16. The first-order valence-electron chi connectivity index (χ1n) is 8.62. The maximum atomic E-state index is 14.3. The third-order valence-electron chi connectivity index (χ3n) is 4.40. The first kappa shape index (κ1) is 19.0. The normalized spacial score (nSPS) is 14.0. The Kier molecular flexibility index (Phi) is 4.98. The maximum absolute atomic E-state index is 14.3. The van der Waals surface area contributed by atoms with Crippen molar-refractivity contribution in [2.45, 2.75) is 0 Å². The number of nitrogens with one attached hydrogen (secondary N) is 1. The summed E-state index contributed by atoms with van der Waals surface area (Å²) in [4.78, 5) is 27.1. The Bertz CT molecular complexity index is 1160. The summed E-state index contributed by atoms with van der Waals surface area (Å²) in [5, 5.41) is 2.97. The van der Waals surface area contributed by atoms with Crippen molar-refractivity contribution in [3.63, 3.8) is 0 Å². The predicted molar refractivity (Wildman–Crippen MR) is 110 cm³/mol. The lowest BCUT2D eigenvalue weighted by atomic mass is 10.0. The number of anilines is 2. The second kappa shape index (κ2) is 7.60. The van der Waals surface area contributed by atoms with Gasteiger partial charge in [0.25, 0.3) is 11.8 Å². The van der Waals surface area contributed by atoms with Gasteiger partial charge in [-0.15, -0.1) is 0 Å². The van der Waals surface area contributed by atoms with E-state index in [9.17, 15) is 18.4 Å². The zero-order valence-electron chi connectivity index (χ0n) is 14.8. The molecule has 2 amide bonds. The van der Waals surface area contributed by atoms with E-state index in [0.29, 0.717) is 11.3 Å². The van der Waals surface area contributed by atoms with E-state index in [1.165, 1.54) is 48.5 Å². The number of carbonyl (C=O) groups is 2. The van der Waals surface area contributed by atoms with Crippen molar-refractivity contribution >= 4 is 44.7 Å². The lowest BCUT2D eigenvalue weighted by molar-refractivity contribution is -0.120. The van der Waals surface area contributed by atoms with Crippen LogP contribution in [0.1, 0.15) is 5.56 Å². The second-order valence-electron chi connectivity index (χ2n) is 6.29. The molecular weight excluding hydrogens is 442 g/mol. The molecule has 1 aliphatic heterocycles. The number of para-hydroxylation sites is 1. The molecule has 4 rings (SSSR count). The summed E-state index contributed by atoms with van der Waals surface area (Å²) in [5.74, 6) is -2.56. The van der Waals surface area contributed by atoms with Crippen LogP contribution in [-0.4, -0.2) is 11.8 Å². The predicted octanol–water partition coefficient (Wildman–Crippen LogP) is 5.12. The van der Waals surface area contributed by atoms with E-state index in [0.717, 1.165) is 9.37 Å². The van der Waals surface area contributed by atoms with Crippen molar-refractivity contribution < 1.29 is 18.4 Å².